The maximum atomic E-state index is 10.4. The number of rotatable bonds is 3. The van der Waals surface area contributed by atoms with Gasteiger partial charge in [-0.3, -0.25) is 10.1 Å². The molecule has 122 valence electrons. The predicted molar refractivity (Wildman–Crippen MR) is 68.7 cm³/mol. The van der Waals surface area contributed by atoms with Crippen LogP contribution in [0.5, 0.6) is 0 Å². The number of carbonyl (C=O) groups is 2. The van der Waals surface area contributed by atoms with Crippen molar-refractivity contribution >= 4 is 17.6 Å². The largest absolute Gasteiger partial charge is 0.545 e. The minimum absolute atomic E-state index is 0. The molecule has 1 heterocycles. The van der Waals surface area contributed by atoms with Crippen LogP contribution in [0.15, 0.2) is 18.2 Å². The van der Waals surface area contributed by atoms with Crippen LogP contribution in [0.2, 0.25) is 0 Å². The topological polar surface area (TPSA) is 188 Å². The van der Waals surface area contributed by atoms with E-state index in [9.17, 15) is 29.9 Å². The first kappa shape index (κ1) is 19.4. The van der Waals surface area contributed by atoms with Gasteiger partial charge in [0, 0.05) is 23.3 Å². The van der Waals surface area contributed by atoms with Crippen LogP contribution in [0, 0.1) is 10.1 Å². The number of nitro benzene ring substituents is 1. The van der Waals surface area contributed by atoms with E-state index in [1.165, 1.54) is 26.2 Å². The van der Waals surface area contributed by atoms with E-state index in [-0.39, 0.29) is 5.48 Å². The van der Waals surface area contributed by atoms with E-state index in [2.05, 4.69) is 10.6 Å². The summed E-state index contributed by atoms with van der Waals surface area (Å²) < 4.78 is 0. The van der Waals surface area contributed by atoms with Crippen LogP contribution < -0.4 is 20.8 Å². The highest BCUT2D eigenvalue weighted by Crippen LogP contribution is 2.16. The van der Waals surface area contributed by atoms with E-state index in [0.29, 0.717) is 12.1 Å². The fourth-order valence-electron chi connectivity index (χ4n) is 1.71. The Kier molecular flexibility index (Phi) is 8.30. The predicted octanol–water partition coefficient (Wildman–Crippen LogP) is -5.38. The molecule has 1 fully saturated rings. The molecule has 0 aliphatic carbocycles. The number of hydrogen-bond acceptors (Lipinski definition) is 6. The third kappa shape index (κ3) is 6.26. The van der Waals surface area contributed by atoms with Gasteiger partial charge >= 0.3 is 0 Å². The minimum Gasteiger partial charge on any atom is -0.545 e. The number of carbonyl (C=O) groups excluding carboxylic acids is 2. The van der Waals surface area contributed by atoms with Crippen LogP contribution in [-0.2, 0) is 0 Å². The molecule has 0 amide bonds. The molecule has 10 heteroatoms. The molecule has 22 heavy (non-hydrogen) atoms. The lowest BCUT2D eigenvalue weighted by molar-refractivity contribution is -0.787. The molecule has 6 N–H and O–H groups in total. The fraction of sp³-hybridized carbons (Fsp3) is 0.333. The molecule has 0 saturated carbocycles. The Balaban J connectivity index is 0.000000529. The molecule has 1 saturated heterocycles. The molecule has 0 spiro atoms. The van der Waals surface area contributed by atoms with E-state index in [1.54, 1.807) is 0 Å². The molecule has 2 rings (SSSR count). The lowest BCUT2D eigenvalue weighted by atomic mass is 10.1. The Hall–Kier alpha value is -2.56. The van der Waals surface area contributed by atoms with Gasteiger partial charge in [0.2, 0.25) is 0 Å². The molecule has 10 nitrogen and oxygen atoms in total. The third-order valence-electron chi connectivity index (χ3n) is 2.75. The van der Waals surface area contributed by atoms with E-state index in [0.717, 1.165) is 6.07 Å². The van der Waals surface area contributed by atoms with Crippen LogP contribution >= 0.6 is 0 Å². The number of quaternary nitrogens is 2. The molecule has 0 aromatic heterocycles. The number of piperazine rings is 1. The summed E-state index contributed by atoms with van der Waals surface area (Å²) in [6.07, 6.45) is 0. The number of aromatic carboxylic acids is 2. The highest BCUT2D eigenvalue weighted by atomic mass is 16.6. The Labute approximate surface area is 125 Å². The Bertz CT molecular complexity index is 453. The summed E-state index contributed by atoms with van der Waals surface area (Å²) in [7, 11) is 0. The molecular formula is C12H17N3O7. The summed E-state index contributed by atoms with van der Waals surface area (Å²) in [6.45, 7) is 5.28. The number of nitrogens with zero attached hydrogens (tertiary/aromatic N) is 1. The summed E-state index contributed by atoms with van der Waals surface area (Å²) in [5.74, 6) is -3.39. The van der Waals surface area contributed by atoms with E-state index in [4.69, 9.17) is 0 Å². The first-order valence-electron chi connectivity index (χ1n) is 6.27. The van der Waals surface area contributed by atoms with Crippen LogP contribution in [0.1, 0.15) is 20.7 Å². The van der Waals surface area contributed by atoms with Crippen molar-refractivity contribution in [2.45, 2.75) is 0 Å². The van der Waals surface area contributed by atoms with Gasteiger partial charge in [0.25, 0.3) is 5.69 Å². The SMILES string of the molecule is C1C[NH2+]CC[NH2+]1.O.O=C([O-])c1cc(C(=O)[O-])cc([N+](=O)[O-])c1. The molecule has 0 unspecified atom stereocenters. The summed E-state index contributed by atoms with van der Waals surface area (Å²) in [6, 6.07) is 2.15. The maximum absolute atomic E-state index is 10.4. The second-order valence-corrected chi connectivity index (χ2v) is 4.33. The molecule has 1 aromatic rings. The first-order chi connectivity index (χ1) is 9.91. The molecule has 0 bridgehead atoms. The zero-order chi connectivity index (χ0) is 15.8. The van der Waals surface area contributed by atoms with Crippen molar-refractivity contribution in [2.75, 3.05) is 26.2 Å². The monoisotopic (exact) mass is 315 g/mol. The first-order valence-corrected chi connectivity index (χ1v) is 6.27. The van der Waals surface area contributed by atoms with E-state index >= 15 is 0 Å². The molecule has 1 aliphatic heterocycles. The summed E-state index contributed by atoms with van der Waals surface area (Å²) in [5, 5.41) is 35.9. The third-order valence-corrected chi connectivity index (χ3v) is 2.75. The number of carboxylic acids is 2. The molecule has 1 aromatic carbocycles. The van der Waals surface area contributed by atoms with Gasteiger partial charge in [0.1, 0.15) is 26.2 Å². The Morgan fingerprint density at radius 1 is 0.909 bits per heavy atom. The average molecular weight is 315 g/mol. The van der Waals surface area contributed by atoms with Gasteiger partial charge in [0.15, 0.2) is 0 Å². The highest BCUT2D eigenvalue weighted by Gasteiger charge is 2.10. The number of nitrogens with two attached hydrogens (primary N) is 2. The van der Waals surface area contributed by atoms with Gasteiger partial charge in [-0.15, -0.1) is 0 Å². The lowest BCUT2D eigenvalue weighted by Crippen LogP contribution is -3.04. The van der Waals surface area contributed by atoms with Crippen LogP contribution in [0.3, 0.4) is 0 Å². The normalized spacial score (nSPS) is 13.1. The second kappa shape index (κ2) is 9.39. The number of nitro groups is 1. The number of hydrogen-bond donors (Lipinski definition) is 2. The van der Waals surface area contributed by atoms with Crippen LogP contribution in [0.4, 0.5) is 5.69 Å². The van der Waals surface area contributed by atoms with Gasteiger partial charge in [-0.25, -0.2) is 0 Å². The number of carboxylic acid groups (broad SMARTS) is 2. The molecule has 1 aliphatic rings. The lowest BCUT2D eigenvalue weighted by Gasteiger charge is -2.06. The standard InChI is InChI=1S/C8H5NO6.C4H10N2.H2O/c10-7(11)4-1-5(8(12)13)3-6(2-4)9(14)15;1-2-6-4-3-5-1;/h1-3H,(H,10,11)(H,12,13);5-6H,1-4H2;1H2. The number of benzene rings is 1. The quantitative estimate of drug-likeness (QED) is 0.413. The summed E-state index contributed by atoms with van der Waals surface area (Å²) in [4.78, 5) is 30.2. The zero-order valence-electron chi connectivity index (χ0n) is 11.6. The van der Waals surface area contributed by atoms with Crippen molar-refractivity contribution in [2.24, 2.45) is 0 Å². The number of non-ortho nitro benzene ring substituents is 1. The highest BCUT2D eigenvalue weighted by molar-refractivity contribution is 5.93. The van der Waals surface area contributed by atoms with Crippen LogP contribution in [0.25, 0.3) is 0 Å². The Morgan fingerprint density at radius 3 is 1.50 bits per heavy atom. The van der Waals surface area contributed by atoms with Crippen molar-refractivity contribution < 1.29 is 40.8 Å². The summed E-state index contributed by atoms with van der Waals surface area (Å²) in [5.41, 5.74) is -1.80. The van der Waals surface area contributed by atoms with E-state index in [1.807, 2.05) is 0 Å². The minimum atomic E-state index is -1.69. The van der Waals surface area contributed by atoms with Crippen molar-refractivity contribution in [3.05, 3.63) is 39.4 Å². The molecule has 0 atom stereocenters. The maximum Gasteiger partial charge on any atom is 0.270 e. The Morgan fingerprint density at radius 2 is 1.27 bits per heavy atom. The van der Waals surface area contributed by atoms with E-state index < -0.39 is 33.7 Å². The van der Waals surface area contributed by atoms with Gasteiger partial charge in [-0.2, -0.15) is 0 Å². The van der Waals surface area contributed by atoms with Crippen molar-refractivity contribution in [1.82, 2.24) is 0 Å². The van der Waals surface area contributed by atoms with Gasteiger partial charge in [0.05, 0.1) is 16.9 Å². The van der Waals surface area contributed by atoms with Gasteiger partial charge < -0.3 is 35.9 Å². The smallest absolute Gasteiger partial charge is 0.270 e. The average Bonchev–Trinajstić information content (AvgIpc) is 2.49. The summed E-state index contributed by atoms with van der Waals surface area (Å²) >= 11 is 0. The second-order valence-electron chi connectivity index (χ2n) is 4.33. The molecular weight excluding hydrogens is 298 g/mol. The van der Waals surface area contributed by atoms with Gasteiger partial charge in [-0.05, 0) is 6.07 Å². The van der Waals surface area contributed by atoms with Crippen LogP contribution in [-0.4, -0.2) is 48.5 Å². The van der Waals surface area contributed by atoms with Crippen molar-refractivity contribution in [3.8, 4) is 0 Å². The zero-order valence-corrected chi connectivity index (χ0v) is 11.6. The fourth-order valence-corrected chi connectivity index (χ4v) is 1.71. The van der Waals surface area contributed by atoms with Crippen molar-refractivity contribution in [3.63, 3.8) is 0 Å². The van der Waals surface area contributed by atoms with Crippen molar-refractivity contribution in [1.29, 1.82) is 0 Å². The molecule has 0 radical (unpaired) electrons. The van der Waals surface area contributed by atoms with Gasteiger partial charge in [-0.1, -0.05) is 0 Å².